The second-order valence-electron chi connectivity index (χ2n) is 9.97. The first-order valence-electron chi connectivity index (χ1n) is 12.3. The summed E-state index contributed by atoms with van der Waals surface area (Å²) < 4.78 is 5.81. The lowest BCUT2D eigenvalue weighted by Gasteiger charge is -2.44. The third kappa shape index (κ3) is 4.69. The zero-order valence-electron chi connectivity index (χ0n) is 20.5. The molecule has 8 nitrogen and oxygen atoms in total. The smallest absolute Gasteiger partial charge is 0.232 e. The van der Waals surface area contributed by atoms with Crippen LogP contribution in [-0.2, 0) is 9.53 Å². The van der Waals surface area contributed by atoms with E-state index < -0.39 is 0 Å². The molecule has 1 aromatic carbocycles. The van der Waals surface area contributed by atoms with E-state index in [-0.39, 0.29) is 30.0 Å². The van der Waals surface area contributed by atoms with Gasteiger partial charge >= 0.3 is 0 Å². The van der Waals surface area contributed by atoms with E-state index in [1.165, 1.54) is 0 Å². The van der Waals surface area contributed by atoms with Gasteiger partial charge in [-0.15, -0.1) is 0 Å². The molecule has 2 N–H and O–H groups in total. The number of halogens is 1. The van der Waals surface area contributed by atoms with Gasteiger partial charge in [0, 0.05) is 42.8 Å². The molecule has 35 heavy (non-hydrogen) atoms. The van der Waals surface area contributed by atoms with Crippen LogP contribution in [-0.4, -0.2) is 58.5 Å². The van der Waals surface area contributed by atoms with Crippen LogP contribution >= 0.6 is 11.6 Å². The summed E-state index contributed by atoms with van der Waals surface area (Å²) in [6, 6.07) is 8.25. The number of benzene rings is 1. The van der Waals surface area contributed by atoms with Gasteiger partial charge in [0.05, 0.1) is 11.5 Å². The van der Waals surface area contributed by atoms with Crippen LogP contribution in [0.2, 0.25) is 5.02 Å². The van der Waals surface area contributed by atoms with Gasteiger partial charge < -0.3 is 25.2 Å². The van der Waals surface area contributed by atoms with Crippen LogP contribution in [0.4, 0.5) is 11.6 Å². The summed E-state index contributed by atoms with van der Waals surface area (Å²) in [5.41, 5.74) is 1.94. The fourth-order valence-corrected chi connectivity index (χ4v) is 5.68. The quantitative estimate of drug-likeness (QED) is 0.623. The number of rotatable bonds is 6. The number of ether oxygens (including phenoxy) is 1. The molecule has 1 aromatic heterocycles. The van der Waals surface area contributed by atoms with Gasteiger partial charge in [-0.05, 0) is 44.0 Å². The number of amides is 1. The van der Waals surface area contributed by atoms with Gasteiger partial charge in [-0.25, -0.2) is 9.97 Å². The van der Waals surface area contributed by atoms with Crippen molar-refractivity contribution in [3.8, 4) is 0 Å². The maximum Gasteiger partial charge on any atom is 0.232 e. The summed E-state index contributed by atoms with van der Waals surface area (Å²) in [7, 11) is 0. The van der Waals surface area contributed by atoms with Crippen molar-refractivity contribution in [3.63, 3.8) is 0 Å². The number of carbonyl (C=O) groups excluding carboxylic acids is 1. The van der Waals surface area contributed by atoms with Crippen LogP contribution in [0, 0.1) is 0 Å². The highest BCUT2D eigenvalue weighted by molar-refractivity contribution is 6.30. The molecule has 0 aliphatic carbocycles. The molecule has 9 heteroatoms. The largest absolute Gasteiger partial charge is 0.471 e. The van der Waals surface area contributed by atoms with Crippen molar-refractivity contribution >= 4 is 29.1 Å². The molecule has 2 unspecified atom stereocenters. The van der Waals surface area contributed by atoms with E-state index in [1.807, 2.05) is 31.2 Å². The predicted octanol–water partition coefficient (Wildman–Crippen LogP) is 4.07. The van der Waals surface area contributed by atoms with Crippen LogP contribution in [0.5, 0.6) is 0 Å². The summed E-state index contributed by atoms with van der Waals surface area (Å²) >= 11 is 6.13. The predicted molar refractivity (Wildman–Crippen MR) is 137 cm³/mol. The second-order valence-corrected chi connectivity index (χ2v) is 10.4. The molecule has 0 spiro atoms. The van der Waals surface area contributed by atoms with Crippen molar-refractivity contribution in [2.24, 2.45) is 0 Å². The van der Waals surface area contributed by atoms with Crippen LogP contribution in [0.25, 0.3) is 0 Å². The number of carbonyl (C=O) groups is 1. The van der Waals surface area contributed by atoms with Gasteiger partial charge in [-0.2, -0.15) is 0 Å². The highest BCUT2D eigenvalue weighted by atomic mass is 35.5. The van der Waals surface area contributed by atoms with Crippen LogP contribution in [0.15, 0.2) is 43.1 Å². The zero-order chi connectivity index (χ0) is 24.7. The highest BCUT2D eigenvalue weighted by Crippen LogP contribution is 2.40. The molecule has 186 valence electrons. The van der Waals surface area contributed by atoms with Gasteiger partial charge in [-0.3, -0.25) is 4.79 Å². The molecule has 2 saturated heterocycles. The first-order chi connectivity index (χ1) is 16.8. The Balaban J connectivity index is 1.39. The Morgan fingerprint density at radius 3 is 2.57 bits per heavy atom. The van der Waals surface area contributed by atoms with Crippen molar-refractivity contribution in [1.29, 1.82) is 0 Å². The molecule has 4 heterocycles. The van der Waals surface area contributed by atoms with E-state index in [0.717, 1.165) is 48.7 Å². The minimum absolute atomic E-state index is 0.142. The average molecular weight is 497 g/mol. The number of fused-ring (bicyclic) bond motifs is 3. The van der Waals surface area contributed by atoms with E-state index >= 15 is 0 Å². The van der Waals surface area contributed by atoms with Gasteiger partial charge in [0.25, 0.3) is 0 Å². The summed E-state index contributed by atoms with van der Waals surface area (Å²) in [6.07, 6.45) is 3.38. The molecule has 5 rings (SSSR count). The van der Waals surface area contributed by atoms with Crippen LogP contribution < -0.4 is 15.5 Å². The first kappa shape index (κ1) is 23.9. The molecule has 0 saturated carbocycles. The summed E-state index contributed by atoms with van der Waals surface area (Å²) in [4.78, 5) is 27.5. The van der Waals surface area contributed by atoms with Crippen molar-refractivity contribution in [3.05, 3.63) is 59.2 Å². The molecular weight excluding hydrogens is 464 g/mol. The zero-order valence-corrected chi connectivity index (χ0v) is 21.3. The fourth-order valence-electron chi connectivity index (χ4n) is 5.56. The molecule has 2 fully saturated rings. The molecule has 3 aliphatic rings. The lowest BCUT2D eigenvalue weighted by atomic mass is 9.95. The Morgan fingerprint density at radius 2 is 1.91 bits per heavy atom. The molecule has 0 radical (unpaired) electrons. The number of hydrogen-bond acceptors (Lipinski definition) is 7. The van der Waals surface area contributed by atoms with Crippen molar-refractivity contribution in [1.82, 2.24) is 20.2 Å². The van der Waals surface area contributed by atoms with Crippen molar-refractivity contribution in [2.75, 3.05) is 29.9 Å². The Hall–Kier alpha value is -2.84. The summed E-state index contributed by atoms with van der Waals surface area (Å²) in [5, 5.41) is 7.27. The van der Waals surface area contributed by atoms with E-state index in [1.54, 1.807) is 6.33 Å². The lowest BCUT2D eigenvalue weighted by molar-refractivity contribution is -0.136. The van der Waals surface area contributed by atoms with E-state index in [2.05, 4.69) is 50.8 Å². The fraction of sp³-hybridized carbons (Fsp3) is 0.500. The Bertz CT molecular complexity index is 1090. The molecule has 4 atom stereocenters. The summed E-state index contributed by atoms with van der Waals surface area (Å²) in [6.45, 7) is 12.1. The van der Waals surface area contributed by atoms with Crippen LogP contribution in [0.3, 0.4) is 0 Å². The molecular formula is C26H33ClN6O2. The van der Waals surface area contributed by atoms with Crippen LogP contribution in [0.1, 0.15) is 56.8 Å². The minimum atomic E-state index is -0.250. The number of piperazine rings is 1. The Kier molecular flexibility index (Phi) is 6.59. The molecule has 2 bridgehead atoms. The maximum atomic E-state index is 14.0. The Labute approximate surface area is 211 Å². The lowest BCUT2D eigenvalue weighted by Crippen LogP contribution is -2.58. The molecule has 1 amide bonds. The topological polar surface area (TPSA) is 82.6 Å². The molecule has 3 aliphatic heterocycles. The molecule has 2 aromatic rings. The highest BCUT2D eigenvalue weighted by Gasteiger charge is 2.45. The van der Waals surface area contributed by atoms with Gasteiger partial charge in [0.1, 0.15) is 24.1 Å². The average Bonchev–Trinajstić information content (AvgIpc) is 3.08. The first-order valence-corrected chi connectivity index (χ1v) is 12.7. The number of nitrogens with zero attached hydrogens (tertiary/aromatic N) is 4. The monoisotopic (exact) mass is 496 g/mol. The van der Waals surface area contributed by atoms with Gasteiger partial charge in [0.15, 0.2) is 5.88 Å². The Morgan fingerprint density at radius 1 is 1.23 bits per heavy atom. The minimum Gasteiger partial charge on any atom is -0.471 e. The third-order valence-electron chi connectivity index (χ3n) is 7.18. The van der Waals surface area contributed by atoms with Gasteiger partial charge in [-0.1, -0.05) is 37.6 Å². The maximum absolute atomic E-state index is 14.0. The number of hydrogen-bond donors (Lipinski definition) is 2. The second kappa shape index (κ2) is 9.66. The van der Waals surface area contributed by atoms with E-state index in [4.69, 9.17) is 16.3 Å². The van der Waals surface area contributed by atoms with E-state index in [9.17, 15) is 4.79 Å². The summed E-state index contributed by atoms with van der Waals surface area (Å²) in [5.74, 6) is 2.05. The number of aromatic nitrogens is 2. The number of nitrogens with one attached hydrogen (secondary N) is 2. The normalized spacial score (nSPS) is 24.1. The van der Waals surface area contributed by atoms with E-state index in [0.29, 0.717) is 23.5 Å². The SMILES string of the molecule is C=C1Nc2ncnc(N3CC4CCC(C3)N4C(=O)[C@H](CNC(C)C)c3ccc(Cl)cc3)c2[C@H](C)O1. The third-order valence-corrected chi connectivity index (χ3v) is 7.44. The number of anilines is 2. The standard InChI is InChI=1S/C26H33ClN6O2/c1-15(2)28-11-22(18-5-7-19(27)8-6-18)26(34)33-20-9-10-21(33)13-32(12-20)25-23-16(3)35-17(4)31-24(23)29-14-30-25/h5-8,14-16,20-22,28H,4,9-13H2,1-3H3,(H,29,30,31)/t16-,20?,21?,22+/m0/s1. The van der Waals surface area contributed by atoms with Gasteiger partial charge in [0.2, 0.25) is 5.91 Å². The van der Waals surface area contributed by atoms with Crippen molar-refractivity contribution in [2.45, 2.75) is 63.8 Å². The van der Waals surface area contributed by atoms with Crippen molar-refractivity contribution < 1.29 is 9.53 Å².